The molecule has 2 aromatic heterocycles. The summed E-state index contributed by atoms with van der Waals surface area (Å²) in [4.78, 5) is 5.78. The van der Waals surface area contributed by atoms with Crippen molar-refractivity contribution in [3.05, 3.63) is 42.6 Å². The van der Waals surface area contributed by atoms with Crippen molar-refractivity contribution in [2.45, 2.75) is 6.54 Å². The van der Waals surface area contributed by atoms with Crippen LogP contribution >= 0.6 is 0 Å². The first kappa shape index (κ1) is 14.5. The minimum absolute atomic E-state index is 0.503. The first-order chi connectivity index (χ1) is 10.5. The van der Waals surface area contributed by atoms with Crippen molar-refractivity contribution in [1.82, 2.24) is 19.7 Å². The van der Waals surface area contributed by atoms with E-state index in [0.717, 1.165) is 35.1 Å². The van der Waals surface area contributed by atoms with Crippen LogP contribution in [0.3, 0.4) is 0 Å². The molecule has 6 heteroatoms. The highest BCUT2D eigenvalue weighted by atomic mass is 19.1. The fourth-order valence-corrected chi connectivity index (χ4v) is 2.34. The monoisotopic (exact) mass is 299 g/mol. The Balaban J connectivity index is 1.98. The van der Waals surface area contributed by atoms with Crippen molar-refractivity contribution < 1.29 is 4.39 Å². The molecule has 114 valence electrons. The summed E-state index contributed by atoms with van der Waals surface area (Å²) in [7, 11) is 4.06. The highest BCUT2D eigenvalue weighted by molar-refractivity contribution is 5.91. The molecule has 0 spiro atoms. The molecule has 22 heavy (non-hydrogen) atoms. The van der Waals surface area contributed by atoms with Gasteiger partial charge in [-0.15, -0.1) is 0 Å². The lowest BCUT2D eigenvalue weighted by atomic mass is 10.0. The summed E-state index contributed by atoms with van der Waals surface area (Å²) in [5.74, 6) is -0.503. The molecular formula is C16H18FN5. The highest BCUT2D eigenvalue weighted by Gasteiger charge is 2.09. The molecule has 0 fully saturated rings. The average molecular weight is 299 g/mol. The van der Waals surface area contributed by atoms with Crippen LogP contribution in [0.2, 0.25) is 0 Å². The van der Waals surface area contributed by atoms with Crippen molar-refractivity contribution in [2.75, 3.05) is 26.4 Å². The summed E-state index contributed by atoms with van der Waals surface area (Å²) in [5, 5.41) is 5.56. The zero-order chi connectivity index (χ0) is 15.7. The maximum atomic E-state index is 12.9. The molecule has 0 aliphatic carbocycles. The lowest BCUT2D eigenvalue weighted by molar-refractivity contribution is 0.374. The van der Waals surface area contributed by atoms with E-state index in [1.54, 1.807) is 6.07 Å². The van der Waals surface area contributed by atoms with Gasteiger partial charge >= 0.3 is 0 Å². The van der Waals surface area contributed by atoms with E-state index in [-0.39, 0.29) is 0 Å². The second-order valence-corrected chi connectivity index (χ2v) is 5.56. The summed E-state index contributed by atoms with van der Waals surface area (Å²) in [6.45, 7) is 1.73. The zero-order valence-electron chi connectivity index (χ0n) is 12.6. The van der Waals surface area contributed by atoms with Gasteiger partial charge in [-0.3, -0.25) is 4.68 Å². The molecule has 0 bridgehead atoms. The minimum Gasteiger partial charge on any atom is -0.398 e. The minimum atomic E-state index is -0.503. The molecule has 3 rings (SSSR count). The van der Waals surface area contributed by atoms with Crippen LogP contribution in [0.15, 0.2) is 36.7 Å². The Kier molecular flexibility index (Phi) is 3.77. The Morgan fingerprint density at radius 1 is 1.27 bits per heavy atom. The van der Waals surface area contributed by atoms with Crippen LogP contribution in [0.25, 0.3) is 22.0 Å². The number of fused-ring (bicyclic) bond motifs is 1. The zero-order valence-corrected chi connectivity index (χ0v) is 12.6. The van der Waals surface area contributed by atoms with Crippen LogP contribution in [0.1, 0.15) is 0 Å². The molecule has 0 saturated carbocycles. The number of rotatable bonds is 4. The second kappa shape index (κ2) is 5.73. The lowest BCUT2D eigenvalue weighted by Gasteiger charge is -2.08. The average Bonchev–Trinajstić information content (AvgIpc) is 2.87. The molecule has 5 nitrogen and oxygen atoms in total. The first-order valence-corrected chi connectivity index (χ1v) is 7.06. The molecule has 0 saturated heterocycles. The van der Waals surface area contributed by atoms with Crippen LogP contribution in [0, 0.1) is 5.95 Å². The smallest absolute Gasteiger partial charge is 0.212 e. The highest BCUT2D eigenvalue weighted by Crippen LogP contribution is 2.29. The standard InChI is InChI=1S/C16H18FN5/c1-21(2)5-6-22-10-12-7-14(18)13(8-15(12)20-22)11-3-4-16(17)19-9-11/h3-4,7-10H,5-6,18H2,1-2H3. The van der Waals surface area contributed by atoms with Gasteiger partial charge in [0, 0.05) is 41.1 Å². The number of aromatic nitrogens is 3. The summed E-state index contributed by atoms with van der Waals surface area (Å²) >= 11 is 0. The summed E-state index contributed by atoms with van der Waals surface area (Å²) in [6.07, 6.45) is 3.47. The van der Waals surface area contributed by atoms with Gasteiger partial charge in [0.15, 0.2) is 0 Å². The Bertz CT molecular complexity index is 792. The maximum Gasteiger partial charge on any atom is 0.212 e. The fraction of sp³-hybridized carbons (Fsp3) is 0.250. The molecule has 1 aromatic carbocycles. The van der Waals surface area contributed by atoms with Crippen molar-refractivity contribution in [2.24, 2.45) is 0 Å². The number of nitrogens with zero attached hydrogens (tertiary/aromatic N) is 4. The molecule has 0 atom stereocenters. The number of hydrogen-bond acceptors (Lipinski definition) is 4. The van der Waals surface area contributed by atoms with Gasteiger partial charge in [0.1, 0.15) is 0 Å². The molecule has 2 N–H and O–H groups in total. The Labute approximate surface area is 128 Å². The number of likely N-dealkylation sites (N-methyl/N-ethyl adjacent to an activating group) is 1. The Hall–Kier alpha value is -2.47. The fourth-order valence-electron chi connectivity index (χ4n) is 2.34. The molecule has 2 heterocycles. The number of hydrogen-bond donors (Lipinski definition) is 1. The van der Waals surface area contributed by atoms with Gasteiger partial charge in [-0.25, -0.2) is 4.98 Å². The van der Waals surface area contributed by atoms with E-state index in [1.165, 1.54) is 12.3 Å². The van der Waals surface area contributed by atoms with Gasteiger partial charge < -0.3 is 10.6 Å². The topological polar surface area (TPSA) is 60.0 Å². The SMILES string of the molecule is CN(C)CCn1cc2cc(N)c(-c3ccc(F)nc3)cc2n1. The number of anilines is 1. The maximum absolute atomic E-state index is 12.9. The summed E-state index contributed by atoms with van der Waals surface area (Å²) < 4.78 is 14.9. The normalized spacial score (nSPS) is 11.5. The number of halogens is 1. The van der Waals surface area contributed by atoms with Crippen LogP contribution in [0.4, 0.5) is 10.1 Å². The van der Waals surface area contributed by atoms with E-state index in [1.807, 2.05) is 37.1 Å². The van der Waals surface area contributed by atoms with Crippen LogP contribution in [-0.4, -0.2) is 40.3 Å². The number of nitrogen functional groups attached to an aromatic ring is 1. The largest absolute Gasteiger partial charge is 0.398 e. The van der Waals surface area contributed by atoms with Gasteiger partial charge in [0.05, 0.1) is 12.1 Å². The molecular weight excluding hydrogens is 281 g/mol. The lowest BCUT2D eigenvalue weighted by Crippen LogP contribution is -2.18. The van der Waals surface area contributed by atoms with Crippen LogP contribution in [0.5, 0.6) is 0 Å². The van der Waals surface area contributed by atoms with E-state index in [0.29, 0.717) is 5.69 Å². The summed E-state index contributed by atoms with van der Waals surface area (Å²) in [5.41, 5.74) is 9.22. The molecule has 0 aliphatic heterocycles. The van der Waals surface area contributed by atoms with E-state index in [4.69, 9.17) is 5.73 Å². The molecule has 0 unspecified atom stereocenters. The third-order valence-corrected chi connectivity index (χ3v) is 3.54. The predicted octanol–water partition coefficient (Wildman–Crippen LogP) is 2.38. The second-order valence-electron chi connectivity index (χ2n) is 5.56. The quantitative estimate of drug-likeness (QED) is 0.593. The van der Waals surface area contributed by atoms with Crippen molar-refractivity contribution in [3.63, 3.8) is 0 Å². The Morgan fingerprint density at radius 2 is 2.09 bits per heavy atom. The third kappa shape index (κ3) is 2.92. The number of nitrogens with two attached hydrogens (primary N) is 1. The van der Waals surface area contributed by atoms with Crippen molar-refractivity contribution in [1.29, 1.82) is 0 Å². The van der Waals surface area contributed by atoms with E-state index in [2.05, 4.69) is 15.0 Å². The Morgan fingerprint density at radius 3 is 2.77 bits per heavy atom. The van der Waals surface area contributed by atoms with E-state index < -0.39 is 5.95 Å². The van der Waals surface area contributed by atoms with E-state index in [9.17, 15) is 4.39 Å². The number of benzene rings is 1. The van der Waals surface area contributed by atoms with Gasteiger partial charge in [-0.2, -0.15) is 9.49 Å². The molecule has 0 radical (unpaired) electrons. The van der Waals surface area contributed by atoms with Gasteiger partial charge in [-0.05, 0) is 38.4 Å². The predicted molar refractivity (Wildman–Crippen MR) is 85.9 cm³/mol. The van der Waals surface area contributed by atoms with Gasteiger partial charge in [0.25, 0.3) is 0 Å². The third-order valence-electron chi connectivity index (χ3n) is 3.54. The van der Waals surface area contributed by atoms with Gasteiger partial charge in [0.2, 0.25) is 5.95 Å². The number of pyridine rings is 1. The first-order valence-electron chi connectivity index (χ1n) is 7.06. The van der Waals surface area contributed by atoms with Crippen LogP contribution in [-0.2, 0) is 6.54 Å². The van der Waals surface area contributed by atoms with E-state index >= 15 is 0 Å². The molecule has 0 aliphatic rings. The molecule has 0 amide bonds. The van der Waals surface area contributed by atoms with Crippen molar-refractivity contribution in [3.8, 4) is 11.1 Å². The molecule has 3 aromatic rings. The van der Waals surface area contributed by atoms with Crippen molar-refractivity contribution >= 4 is 16.6 Å². The van der Waals surface area contributed by atoms with Crippen LogP contribution < -0.4 is 5.73 Å². The van der Waals surface area contributed by atoms with Gasteiger partial charge in [-0.1, -0.05) is 0 Å². The summed E-state index contributed by atoms with van der Waals surface area (Å²) in [6, 6.07) is 6.82.